The Kier molecular flexibility index (Phi) is 3.05. The van der Waals surface area contributed by atoms with Crippen LogP contribution >= 0.6 is 0 Å². The normalized spacial score (nSPS) is 19.1. The number of benzene rings is 1. The molecule has 1 heterocycles. The van der Waals surface area contributed by atoms with Gasteiger partial charge in [-0.15, -0.1) is 0 Å². The number of aromatic nitrogens is 1. The number of aromatic amines is 1. The lowest BCUT2D eigenvalue weighted by atomic mass is 9.91. The molecule has 0 saturated carbocycles. The van der Waals surface area contributed by atoms with Crippen LogP contribution in [-0.4, -0.2) is 16.1 Å². The molecule has 0 bridgehead atoms. The van der Waals surface area contributed by atoms with Crippen molar-refractivity contribution in [1.29, 1.82) is 0 Å². The van der Waals surface area contributed by atoms with E-state index in [1.807, 2.05) is 6.07 Å². The third-order valence-corrected chi connectivity index (χ3v) is 4.32. The summed E-state index contributed by atoms with van der Waals surface area (Å²) in [6, 6.07) is 5.60. The first kappa shape index (κ1) is 12.3. The third kappa shape index (κ3) is 1.93. The summed E-state index contributed by atoms with van der Waals surface area (Å²) in [6.07, 6.45) is 5.84. The number of fused-ring (bicyclic) bond motifs is 3. The van der Waals surface area contributed by atoms with E-state index in [1.165, 1.54) is 30.5 Å². The molecule has 0 amide bonds. The number of aryl methyl sites for hydroxylation is 1. The summed E-state index contributed by atoms with van der Waals surface area (Å²) in [6.45, 7) is 2.22. The maximum Gasteiger partial charge on any atom is 0.337 e. The second-order valence-electron chi connectivity index (χ2n) is 5.40. The SMILES string of the molecule is CCC1CCCCc2[nH]c3c(C(=O)O)cccc3c21. The summed E-state index contributed by atoms with van der Waals surface area (Å²) < 4.78 is 0. The number of carboxylic acid groups (broad SMARTS) is 1. The van der Waals surface area contributed by atoms with Crippen molar-refractivity contribution in [2.24, 2.45) is 0 Å². The van der Waals surface area contributed by atoms with Gasteiger partial charge in [-0.3, -0.25) is 0 Å². The highest BCUT2D eigenvalue weighted by Gasteiger charge is 2.23. The number of carboxylic acids is 1. The Morgan fingerprint density at radius 1 is 1.42 bits per heavy atom. The molecule has 0 saturated heterocycles. The summed E-state index contributed by atoms with van der Waals surface area (Å²) in [5.41, 5.74) is 3.83. The lowest BCUT2D eigenvalue weighted by Gasteiger charge is -2.13. The minimum atomic E-state index is -0.852. The highest BCUT2D eigenvalue weighted by molar-refractivity contribution is 6.03. The first-order valence-electron chi connectivity index (χ1n) is 7.09. The zero-order valence-electron chi connectivity index (χ0n) is 11.2. The van der Waals surface area contributed by atoms with E-state index in [0.29, 0.717) is 11.5 Å². The van der Waals surface area contributed by atoms with Crippen LogP contribution in [-0.2, 0) is 6.42 Å². The van der Waals surface area contributed by atoms with Crippen LogP contribution in [0.15, 0.2) is 18.2 Å². The molecule has 0 radical (unpaired) electrons. The highest BCUT2D eigenvalue weighted by atomic mass is 16.4. The van der Waals surface area contributed by atoms with Gasteiger partial charge < -0.3 is 10.1 Å². The Labute approximate surface area is 112 Å². The van der Waals surface area contributed by atoms with Crippen molar-refractivity contribution in [2.75, 3.05) is 0 Å². The molecule has 3 rings (SSSR count). The van der Waals surface area contributed by atoms with Gasteiger partial charge >= 0.3 is 5.97 Å². The number of rotatable bonds is 2. The van der Waals surface area contributed by atoms with Gasteiger partial charge in [0, 0.05) is 11.1 Å². The molecular formula is C16H19NO2. The van der Waals surface area contributed by atoms with Crippen LogP contribution in [0.3, 0.4) is 0 Å². The van der Waals surface area contributed by atoms with Crippen molar-refractivity contribution in [2.45, 2.75) is 44.9 Å². The molecule has 0 spiro atoms. The molecule has 1 aromatic heterocycles. The van der Waals surface area contributed by atoms with Crippen molar-refractivity contribution in [3.8, 4) is 0 Å². The molecule has 1 atom stereocenters. The summed E-state index contributed by atoms with van der Waals surface area (Å²) in [4.78, 5) is 14.7. The molecule has 19 heavy (non-hydrogen) atoms. The summed E-state index contributed by atoms with van der Waals surface area (Å²) in [5.74, 6) is -0.287. The molecule has 2 N–H and O–H groups in total. The van der Waals surface area contributed by atoms with Gasteiger partial charge in [0.05, 0.1) is 11.1 Å². The summed E-state index contributed by atoms with van der Waals surface area (Å²) >= 11 is 0. The first-order valence-corrected chi connectivity index (χ1v) is 7.09. The Hall–Kier alpha value is -1.77. The maximum absolute atomic E-state index is 11.3. The number of hydrogen-bond donors (Lipinski definition) is 2. The van der Waals surface area contributed by atoms with Gasteiger partial charge in [-0.2, -0.15) is 0 Å². The Morgan fingerprint density at radius 3 is 3.00 bits per heavy atom. The predicted molar refractivity (Wildman–Crippen MR) is 75.8 cm³/mol. The number of nitrogens with one attached hydrogen (secondary N) is 1. The van der Waals surface area contributed by atoms with E-state index in [-0.39, 0.29) is 0 Å². The minimum Gasteiger partial charge on any atom is -0.478 e. The van der Waals surface area contributed by atoms with E-state index in [4.69, 9.17) is 0 Å². The lowest BCUT2D eigenvalue weighted by Crippen LogP contribution is -1.98. The number of carbonyl (C=O) groups is 1. The molecule has 1 aliphatic carbocycles. The Bertz CT molecular complexity index is 627. The van der Waals surface area contributed by atoms with E-state index in [1.54, 1.807) is 6.07 Å². The largest absolute Gasteiger partial charge is 0.478 e. The zero-order valence-corrected chi connectivity index (χ0v) is 11.2. The fourth-order valence-electron chi connectivity index (χ4n) is 3.38. The second kappa shape index (κ2) is 4.72. The van der Waals surface area contributed by atoms with E-state index < -0.39 is 5.97 Å². The van der Waals surface area contributed by atoms with Crippen LogP contribution in [0.25, 0.3) is 10.9 Å². The number of aromatic carboxylic acids is 1. The molecule has 100 valence electrons. The number of hydrogen-bond acceptors (Lipinski definition) is 1. The third-order valence-electron chi connectivity index (χ3n) is 4.32. The molecule has 1 aliphatic rings. The van der Waals surface area contributed by atoms with Crippen molar-refractivity contribution in [3.05, 3.63) is 35.0 Å². The number of para-hydroxylation sites is 1. The first-order chi connectivity index (χ1) is 9.22. The van der Waals surface area contributed by atoms with Gasteiger partial charge in [0.25, 0.3) is 0 Å². The molecule has 3 heteroatoms. The highest BCUT2D eigenvalue weighted by Crippen LogP contribution is 2.38. The molecular weight excluding hydrogens is 238 g/mol. The predicted octanol–water partition coefficient (Wildman–Crippen LogP) is 4.09. The van der Waals surface area contributed by atoms with Gasteiger partial charge in [-0.05, 0) is 43.2 Å². The molecule has 3 nitrogen and oxygen atoms in total. The minimum absolute atomic E-state index is 0.389. The van der Waals surface area contributed by atoms with Crippen LogP contribution < -0.4 is 0 Å². The fraction of sp³-hybridized carbons (Fsp3) is 0.438. The standard InChI is InChI=1S/C16H19NO2/c1-2-10-6-3-4-9-13-14(10)11-7-5-8-12(16(18)19)15(11)17-13/h5,7-8,10,17H,2-4,6,9H2,1H3,(H,18,19). The smallest absolute Gasteiger partial charge is 0.337 e. The Morgan fingerprint density at radius 2 is 2.26 bits per heavy atom. The average molecular weight is 257 g/mol. The summed E-state index contributed by atoms with van der Waals surface area (Å²) in [5, 5.41) is 10.4. The lowest BCUT2D eigenvalue weighted by molar-refractivity contribution is 0.0699. The van der Waals surface area contributed by atoms with Gasteiger partial charge in [0.1, 0.15) is 0 Å². The van der Waals surface area contributed by atoms with Crippen molar-refractivity contribution < 1.29 is 9.90 Å². The quantitative estimate of drug-likeness (QED) is 0.796. The molecule has 1 aromatic carbocycles. The van der Waals surface area contributed by atoms with E-state index in [9.17, 15) is 9.90 Å². The topological polar surface area (TPSA) is 53.1 Å². The molecule has 1 unspecified atom stereocenters. The van der Waals surface area contributed by atoms with Crippen molar-refractivity contribution >= 4 is 16.9 Å². The zero-order chi connectivity index (χ0) is 13.4. The molecule has 2 aromatic rings. The molecule has 0 aliphatic heterocycles. The van der Waals surface area contributed by atoms with E-state index in [2.05, 4.69) is 18.0 Å². The van der Waals surface area contributed by atoms with Crippen LogP contribution in [0.2, 0.25) is 0 Å². The van der Waals surface area contributed by atoms with Gasteiger partial charge in [0.15, 0.2) is 0 Å². The average Bonchev–Trinajstić information content (AvgIpc) is 2.65. The van der Waals surface area contributed by atoms with Gasteiger partial charge in [-0.25, -0.2) is 4.79 Å². The van der Waals surface area contributed by atoms with Crippen molar-refractivity contribution in [1.82, 2.24) is 4.98 Å². The second-order valence-corrected chi connectivity index (χ2v) is 5.40. The monoisotopic (exact) mass is 257 g/mol. The van der Waals surface area contributed by atoms with Crippen LogP contribution in [0.4, 0.5) is 0 Å². The number of H-pyrrole nitrogens is 1. The van der Waals surface area contributed by atoms with Crippen LogP contribution in [0.1, 0.15) is 60.1 Å². The fourth-order valence-corrected chi connectivity index (χ4v) is 3.38. The van der Waals surface area contributed by atoms with Crippen LogP contribution in [0.5, 0.6) is 0 Å². The van der Waals surface area contributed by atoms with Gasteiger partial charge in [-0.1, -0.05) is 25.5 Å². The van der Waals surface area contributed by atoms with E-state index >= 15 is 0 Å². The van der Waals surface area contributed by atoms with Crippen LogP contribution in [0, 0.1) is 0 Å². The Balaban J connectivity index is 2.27. The maximum atomic E-state index is 11.3. The van der Waals surface area contributed by atoms with E-state index in [0.717, 1.165) is 23.7 Å². The van der Waals surface area contributed by atoms with Crippen molar-refractivity contribution in [3.63, 3.8) is 0 Å². The van der Waals surface area contributed by atoms with Gasteiger partial charge in [0.2, 0.25) is 0 Å². The molecule has 0 fully saturated rings. The summed E-state index contributed by atoms with van der Waals surface area (Å²) in [7, 11) is 0.